The minimum atomic E-state index is 0.653. The van der Waals surface area contributed by atoms with Crippen LogP contribution in [0.15, 0.2) is 97.1 Å². The van der Waals surface area contributed by atoms with Gasteiger partial charge in [-0.25, -0.2) is 0 Å². The van der Waals surface area contributed by atoms with Crippen molar-refractivity contribution in [2.45, 2.75) is 166 Å². The Morgan fingerprint density at radius 3 is 1.45 bits per heavy atom. The molecule has 0 fully saturated rings. The third-order valence-electron chi connectivity index (χ3n) is 9.74. The monoisotopic (exact) mass is 795 g/mol. The highest BCUT2D eigenvalue weighted by molar-refractivity contribution is 5.33. The van der Waals surface area contributed by atoms with Crippen LogP contribution in [0.1, 0.15) is 168 Å². The molecule has 0 aliphatic heterocycles. The molecule has 0 bridgehead atoms. The summed E-state index contributed by atoms with van der Waals surface area (Å²) < 4.78 is 17.2. The fourth-order valence-corrected chi connectivity index (χ4v) is 5.92. The molecule has 0 unspecified atom stereocenters. The highest BCUT2D eigenvalue weighted by atomic mass is 16.5. The lowest BCUT2D eigenvalue weighted by Crippen LogP contribution is -2.03. The van der Waals surface area contributed by atoms with Gasteiger partial charge in [-0.1, -0.05) is 175 Å². The van der Waals surface area contributed by atoms with Gasteiger partial charge in [-0.05, 0) is 133 Å². The molecule has 0 heterocycles. The topological polar surface area (TPSA) is 27.7 Å². The SMILES string of the molecule is CCCCc1ccc(C(C)C)cc1.CCCc1ccc(OCCC(C)C)cc1.CCCc1cccc(OCCC(C)C)c1.CCCc1ccccc1OCCC(C)C. The van der Waals surface area contributed by atoms with Gasteiger partial charge in [0.05, 0.1) is 19.8 Å². The summed E-state index contributed by atoms with van der Waals surface area (Å²) in [5, 5.41) is 0. The van der Waals surface area contributed by atoms with E-state index in [0.717, 1.165) is 75.6 Å². The van der Waals surface area contributed by atoms with Crippen molar-refractivity contribution < 1.29 is 14.2 Å². The number of ether oxygens (including phenoxy) is 3. The van der Waals surface area contributed by atoms with Gasteiger partial charge in [0.25, 0.3) is 0 Å². The second kappa shape index (κ2) is 33.1. The van der Waals surface area contributed by atoms with E-state index in [1.165, 1.54) is 66.3 Å². The molecule has 0 atom stereocenters. The fourth-order valence-electron chi connectivity index (χ4n) is 5.92. The molecule has 0 aromatic heterocycles. The van der Waals surface area contributed by atoms with E-state index in [2.05, 4.69) is 168 Å². The Morgan fingerprint density at radius 2 is 0.914 bits per heavy atom. The van der Waals surface area contributed by atoms with E-state index >= 15 is 0 Å². The lowest BCUT2D eigenvalue weighted by molar-refractivity contribution is 0.287. The van der Waals surface area contributed by atoms with Crippen LogP contribution in [0.5, 0.6) is 17.2 Å². The largest absolute Gasteiger partial charge is 0.494 e. The number of unbranched alkanes of at least 4 members (excludes halogenated alkanes) is 1. The van der Waals surface area contributed by atoms with Gasteiger partial charge in [0, 0.05) is 0 Å². The van der Waals surface area contributed by atoms with Crippen LogP contribution in [0, 0.1) is 17.8 Å². The summed E-state index contributed by atoms with van der Waals surface area (Å²) in [7, 11) is 0. The molecule has 58 heavy (non-hydrogen) atoms. The maximum Gasteiger partial charge on any atom is 0.122 e. The molecule has 0 radical (unpaired) electrons. The lowest BCUT2D eigenvalue weighted by Gasteiger charge is -2.11. The number of para-hydroxylation sites is 1. The number of benzene rings is 4. The Kier molecular flexibility index (Phi) is 29.9. The predicted molar refractivity (Wildman–Crippen MR) is 255 cm³/mol. The summed E-state index contributed by atoms with van der Waals surface area (Å²) in [4.78, 5) is 0. The first-order valence-electron chi connectivity index (χ1n) is 23.1. The van der Waals surface area contributed by atoms with Crippen LogP contribution >= 0.6 is 0 Å². The maximum absolute atomic E-state index is 5.80. The van der Waals surface area contributed by atoms with Gasteiger partial charge < -0.3 is 14.2 Å². The number of hydrogen-bond donors (Lipinski definition) is 0. The van der Waals surface area contributed by atoms with Crippen molar-refractivity contribution in [3.8, 4) is 17.2 Å². The van der Waals surface area contributed by atoms with Crippen LogP contribution in [0.25, 0.3) is 0 Å². The summed E-state index contributed by atoms with van der Waals surface area (Å²) >= 11 is 0. The summed E-state index contributed by atoms with van der Waals surface area (Å²) in [5.74, 6) is 5.87. The molecule has 0 saturated carbocycles. The molecule has 324 valence electrons. The molecule has 0 N–H and O–H groups in total. The molecule has 4 aromatic rings. The average molecular weight is 795 g/mol. The molecule has 0 saturated heterocycles. The second-order valence-electron chi connectivity index (χ2n) is 17.2. The molecular weight excluding hydrogens is 709 g/mol. The fraction of sp³-hybridized carbons (Fsp3) is 0.564. The minimum Gasteiger partial charge on any atom is -0.494 e. The van der Waals surface area contributed by atoms with E-state index in [1.807, 2.05) is 12.1 Å². The van der Waals surface area contributed by atoms with Crippen LogP contribution in [-0.4, -0.2) is 19.8 Å². The normalized spacial score (nSPS) is 10.7. The molecule has 4 rings (SSSR count). The zero-order valence-electron chi connectivity index (χ0n) is 39.4. The summed E-state index contributed by atoms with van der Waals surface area (Å²) in [6.07, 6.45) is 14.2. The summed E-state index contributed by atoms with van der Waals surface area (Å²) in [6.45, 7) is 29.1. The molecule has 4 aromatic carbocycles. The Hall–Kier alpha value is -3.72. The van der Waals surface area contributed by atoms with Crippen molar-refractivity contribution in [3.63, 3.8) is 0 Å². The molecule has 0 spiro atoms. The molecule has 3 nitrogen and oxygen atoms in total. The molecular formula is C55H86O3. The second-order valence-corrected chi connectivity index (χ2v) is 17.2. The van der Waals surface area contributed by atoms with Gasteiger partial charge in [-0.2, -0.15) is 0 Å². The van der Waals surface area contributed by atoms with Gasteiger partial charge in [-0.15, -0.1) is 0 Å². The summed E-state index contributed by atoms with van der Waals surface area (Å²) in [5.41, 5.74) is 7.03. The van der Waals surface area contributed by atoms with Crippen molar-refractivity contribution in [1.29, 1.82) is 0 Å². The van der Waals surface area contributed by atoms with E-state index in [9.17, 15) is 0 Å². The van der Waals surface area contributed by atoms with Gasteiger partial charge in [0.1, 0.15) is 17.2 Å². The molecule has 0 aliphatic carbocycles. The average Bonchev–Trinajstić information content (AvgIpc) is 3.19. The van der Waals surface area contributed by atoms with Gasteiger partial charge in [-0.3, -0.25) is 0 Å². The lowest BCUT2D eigenvalue weighted by atomic mass is 10.00. The van der Waals surface area contributed by atoms with Gasteiger partial charge in [0.15, 0.2) is 0 Å². The van der Waals surface area contributed by atoms with Crippen LogP contribution in [-0.2, 0) is 25.7 Å². The van der Waals surface area contributed by atoms with Crippen molar-refractivity contribution in [2.24, 2.45) is 17.8 Å². The van der Waals surface area contributed by atoms with Crippen molar-refractivity contribution in [3.05, 3.63) is 125 Å². The first-order valence-corrected chi connectivity index (χ1v) is 23.1. The number of hydrogen-bond acceptors (Lipinski definition) is 3. The van der Waals surface area contributed by atoms with Gasteiger partial charge in [0.2, 0.25) is 0 Å². The maximum atomic E-state index is 5.80. The van der Waals surface area contributed by atoms with Crippen LogP contribution in [0.3, 0.4) is 0 Å². The smallest absolute Gasteiger partial charge is 0.122 e. The standard InChI is InChI=1S/3C14H22O.C13H20/c1-4-7-13-8-5-6-9-14(13)15-11-10-12(2)3;1-4-6-13-7-5-8-14(11-13)15-10-9-12(2)3;1-4-5-13-6-8-14(9-7-13)15-11-10-12(2)3;1-4-5-6-12-7-9-13(10-8-12)11(2)3/h5-6,8-9,12H,4,7,10-11H2,1-3H3;5,7-8,11-12H,4,6,9-10H2,1-3H3;6-9,12H,4-5,10-11H2,1-3H3;7-11H,4-6H2,1-3H3. The Balaban J connectivity index is 0.000000387. The van der Waals surface area contributed by atoms with Crippen LogP contribution in [0.2, 0.25) is 0 Å². The van der Waals surface area contributed by atoms with E-state index in [-0.39, 0.29) is 0 Å². The van der Waals surface area contributed by atoms with E-state index in [0.29, 0.717) is 23.7 Å². The Bertz CT molecular complexity index is 1520. The Labute approximate surface area is 358 Å². The van der Waals surface area contributed by atoms with E-state index < -0.39 is 0 Å². The minimum absolute atomic E-state index is 0.653. The zero-order valence-corrected chi connectivity index (χ0v) is 39.4. The number of aryl methyl sites for hydroxylation is 4. The Morgan fingerprint density at radius 1 is 0.414 bits per heavy atom. The molecule has 0 aliphatic rings. The highest BCUT2D eigenvalue weighted by Gasteiger charge is 2.03. The van der Waals surface area contributed by atoms with E-state index in [4.69, 9.17) is 14.2 Å². The van der Waals surface area contributed by atoms with Gasteiger partial charge >= 0.3 is 0 Å². The third kappa shape index (κ3) is 26.3. The molecule has 0 amide bonds. The molecule has 3 heteroatoms. The number of rotatable bonds is 22. The van der Waals surface area contributed by atoms with Crippen molar-refractivity contribution in [1.82, 2.24) is 0 Å². The zero-order chi connectivity index (χ0) is 43.0. The van der Waals surface area contributed by atoms with E-state index in [1.54, 1.807) is 0 Å². The van der Waals surface area contributed by atoms with Crippen LogP contribution < -0.4 is 14.2 Å². The summed E-state index contributed by atoms with van der Waals surface area (Å²) in [6, 6.07) is 34.3. The first-order chi connectivity index (χ1) is 27.9. The van der Waals surface area contributed by atoms with Crippen molar-refractivity contribution in [2.75, 3.05) is 19.8 Å². The third-order valence-corrected chi connectivity index (χ3v) is 9.74. The van der Waals surface area contributed by atoms with Crippen LogP contribution in [0.4, 0.5) is 0 Å². The quantitative estimate of drug-likeness (QED) is 0.0793. The predicted octanol–water partition coefficient (Wildman–Crippen LogP) is 16.3. The highest BCUT2D eigenvalue weighted by Crippen LogP contribution is 2.21. The first kappa shape index (κ1) is 52.3. The van der Waals surface area contributed by atoms with Crippen molar-refractivity contribution >= 4 is 0 Å².